The number of imidazole rings is 1. The molecule has 1 fully saturated rings. The molecule has 2 aromatic carbocycles. The predicted octanol–water partition coefficient (Wildman–Crippen LogP) is 7.59. The minimum absolute atomic E-state index is 0.0456. The molecule has 43 heavy (non-hydrogen) atoms. The quantitative estimate of drug-likeness (QED) is 0.0637. The summed E-state index contributed by atoms with van der Waals surface area (Å²) < 4.78 is 2.45. The molecule has 12 heteroatoms. The molecule has 5 aromatic rings. The number of thioether (sulfide) groups is 1. The summed E-state index contributed by atoms with van der Waals surface area (Å²) in [6, 6.07) is 15.8. The van der Waals surface area contributed by atoms with E-state index in [1.54, 1.807) is 12.1 Å². The van der Waals surface area contributed by atoms with Gasteiger partial charge in [0.05, 0.1) is 17.3 Å². The lowest BCUT2D eigenvalue weighted by molar-refractivity contribution is -0.132. The maximum atomic E-state index is 13.7. The van der Waals surface area contributed by atoms with E-state index in [4.69, 9.17) is 23.2 Å². The normalized spacial score (nSPS) is 16.5. The number of fused-ring (bicyclic) bond motifs is 1. The highest BCUT2D eigenvalue weighted by molar-refractivity contribution is 8.00. The fourth-order valence-corrected chi connectivity index (χ4v) is 7.52. The number of halogens is 2. The van der Waals surface area contributed by atoms with E-state index in [9.17, 15) is 14.7 Å². The minimum Gasteiger partial charge on any atom is -0.505 e. The van der Waals surface area contributed by atoms with Gasteiger partial charge in [0.15, 0.2) is 10.1 Å². The first-order valence-electron chi connectivity index (χ1n) is 13.4. The molecule has 0 spiro atoms. The van der Waals surface area contributed by atoms with Crippen molar-refractivity contribution in [2.45, 2.75) is 43.3 Å². The Labute approximate surface area is 266 Å². The third-order valence-corrected chi connectivity index (χ3v) is 10.1. The molecule has 1 aliphatic rings. The fraction of sp³-hybridized carbons (Fsp3) is 0.194. The van der Waals surface area contributed by atoms with Crippen molar-refractivity contribution in [3.8, 4) is 0 Å². The van der Waals surface area contributed by atoms with Crippen LogP contribution in [-0.2, 0) is 21.8 Å². The Kier molecular flexibility index (Phi) is 8.04. The van der Waals surface area contributed by atoms with Crippen LogP contribution in [-0.4, -0.2) is 36.4 Å². The summed E-state index contributed by atoms with van der Waals surface area (Å²) in [6.07, 6.45) is 2.67. The summed E-state index contributed by atoms with van der Waals surface area (Å²) in [6.45, 7) is 5.79. The van der Waals surface area contributed by atoms with Gasteiger partial charge in [0.2, 0.25) is 5.13 Å². The van der Waals surface area contributed by atoms with E-state index in [1.807, 2.05) is 73.8 Å². The van der Waals surface area contributed by atoms with Gasteiger partial charge in [-0.15, -0.1) is 10.2 Å². The van der Waals surface area contributed by atoms with Gasteiger partial charge in [0, 0.05) is 22.0 Å². The van der Waals surface area contributed by atoms with Gasteiger partial charge in [-0.25, -0.2) is 4.98 Å². The molecule has 1 unspecified atom stereocenters. The van der Waals surface area contributed by atoms with Gasteiger partial charge in [-0.3, -0.25) is 14.5 Å². The van der Waals surface area contributed by atoms with Gasteiger partial charge in [-0.2, -0.15) is 0 Å². The summed E-state index contributed by atoms with van der Waals surface area (Å²) >= 11 is 15.0. The van der Waals surface area contributed by atoms with Crippen LogP contribution in [0, 0.1) is 13.8 Å². The first kappa shape index (κ1) is 29.4. The Morgan fingerprint density at radius 1 is 1.07 bits per heavy atom. The molecule has 1 aliphatic heterocycles. The van der Waals surface area contributed by atoms with Crippen LogP contribution in [0.3, 0.4) is 0 Å². The molecule has 4 heterocycles. The summed E-state index contributed by atoms with van der Waals surface area (Å²) in [7, 11) is 0. The van der Waals surface area contributed by atoms with Crippen LogP contribution < -0.4 is 4.90 Å². The van der Waals surface area contributed by atoms with Crippen molar-refractivity contribution >= 4 is 74.5 Å². The van der Waals surface area contributed by atoms with Crippen LogP contribution in [0.2, 0.25) is 10.0 Å². The number of benzene rings is 2. The van der Waals surface area contributed by atoms with Crippen LogP contribution in [0.5, 0.6) is 0 Å². The number of hydrogen-bond acceptors (Lipinski definition) is 8. The highest BCUT2D eigenvalue weighted by atomic mass is 35.5. The lowest BCUT2D eigenvalue weighted by Crippen LogP contribution is -2.29. The molecule has 0 saturated carbocycles. The van der Waals surface area contributed by atoms with E-state index < -0.39 is 17.7 Å². The number of ketones is 1. The number of nitrogens with zero attached hydrogens (tertiary/aromatic N) is 5. The SMILES string of the molecule is CCc1ccc(C2/C(=C(\O)c3nc4c(C)cccn4c3C)C(=O)C(=O)N2c2nnc(SCc3ccc(Cl)cc3Cl)s2)cc1. The molecule has 0 radical (unpaired) electrons. The number of aryl methyl sites for hydroxylation is 3. The smallest absolute Gasteiger partial charge is 0.301 e. The predicted molar refractivity (Wildman–Crippen MR) is 171 cm³/mol. The van der Waals surface area contributed by atoms with E-state index in [1.165, 1.54) is 28.0 Å². The number of aliphatic hydroxyl groups excluding tert-OH is 1. The summed E-state index contributed by atoms with van der Waals surface area (Å²) in [5, 5.41) is 21.6. The average Bonchev–Trinajstić information content (AvgIpc) is 3.67. The molecule has 0 aliphatic carbocycles. The Morgan fingerprint density at radius 2 is 1.84 bits per heavy atom. The molecule has 1 saturated heterocycles. The lowest BCUT2D eigenvalue weighted by atomic mass is 9.95. The van der Waals surface area contributed by atoms with Gasteiger partial charge in [0.1, 0.15) is 11.3 Å². The Balaban J connectivity index is 1.43. The first-order chi connectivity index (χ1) is 20.7. The van der Waals surface area contributed by atoms with E-state index in [-0.39, 0.29) is 22.2 Å². The summed E-state index contributed by atoms with van der Waals surface area (Å²) in [5.41, 5.74) is 5.06. The lowest BCUT2D eigenvalue weighted by Gasteiger charge is -2.22. The molecule has 1 atom stereocenters. The number of aliphatic hydroxyl groups is 1. The largest absolute Gasteiger partial charge is 0.505 e. The van der Waals surface area contributed by atoms with Crippen molar-refractivity contribution in [3.05, 3.63) is 110 Å². The molecule has 218 valence electrons. The number of amides is 1. The van der Waals surface area contributed by atoms with E-state index in [2.05, 4.69) is 15.2 Å². The number of carbonyl (C=O) groups excluding carboxylic acids is 2. The van der Waals surface area contributed by atoms with Gasteiger partial charge in [-0.05, 0) is 60.7 Å². The number of pyridine rings is 1. The number of aromatic nitrogens is 4. The Bertz CT molecular complexity index is 1930. The third-order valence-electron chi connectivity index (χ3n) is 7.42. The molecule has 1 N–H and O–H groups in total. The molecule has 8 nitrogen and oxygen atoms in total. The second-order valence-corrected chi connectivity index (χ2v) is 13.1. The molecular weight excluding hydrogens is 625 g/mol. The average molecular weight is 651 g/mol. The Hall–Kier alpha value is -3.70. The maximum Gasteiger partial charge on any atom is 0.301 e. The number of hydrogen-bond donors (Lipinski definition) is 1. The van der Waals surface area contributed by atoms with Crippen molar-refractivity contribution < 1.29 is 14.7 Å². The van der Waals surface area contributed by atoms with Gasteiger partial charge in [0.25, 0.3) is 5.78 Å². The topological polar surface area (TPSA) is 101 Å². The number of anilines is 1. The number of carbonyl (C=O) groups is 2. The van der Waals surface area contributed by atoms with Crippen LogP contribution in [0.15, 0.2) is 70.7 Å². The highest BCUT2D eigenvalue weighted by Gasteiger charge is 2.48. The molecule has 6 rings (SSSR count). The number of Topliss-reactive ketones (excluding diaryl/α,β-unsaturated/α-hetero) is 1. The zero-order chi connectivity index (χ0) is 30.4. The third kappa shape index (κ3) is 5.33. The van der Waals surface area contributed by atoms with Gasteiger partial charge >= 0.3 is 5.91 Å². The van der Waals surface area contributed by atoms with E-state index >= 15 is 0 Å². The fourth-order valence-electron chi connectivity index (χ4n) is 5.09. The zero-order valence-electron chi connectivity index (χ0n) is 23.3. The standard InChI is InChI=1S/C31H25Cl2N5O3S2/c1-4-18-7-9-19(10-8-18)25-23(26(39)24-17(3)37-13-5-6-16(2)28(37)34-24)27(40)29(41)38(25)30-35-36-31(43-30)42-15-20-11-12-21(32)14-22(20)33/h5-14,25,39H,4,15H2,1-3H3/b26-23+. The first-order valence-corrected chi connectivity index (χ1v) is 16.0. The molecule has 1 amide bonds. The van der Waals surface area contributed by atoms with E-state index in [0.717, 1.165) is 23.1 Å². The van der Waals surface area contributed by atoms with Crippen molar-refractivity contribution in [1.82, 2.24) is 19.6 Å². The van der Waals surface area contributed by atoms with Crippen molar-refractivity contribution in [1.29, 1.82) is 0 Å². The summed E-state index contributed by atoms with van der Waals surface area (Å²) in [4.78, 5) is 33.3. The second kappa shape index (κ2) is 11.8. The summed E-state index contributed by atoms with van der Waals surface area (Å²) in [5.74, 6) is -1.43. The van der Waals surface area contributed by atoms with Crippen LogP contribution in [0.25, 0.3) is 11.4 Å². The monoisotopic (exact) mass is 649 g/mol. The van der Waals surface area contributed by atoms with Crippen LogP contribution >= 0.6 is 46.3 Å². The van der Waals surface area contributed by atoms with Crippen molar-refractivity contribution in [3.63, 3.8) is 0 Å². The van der Waals surface area contributed by atoms with Crippen LogP contribution in [0.1, 0.15) is 46.6 Å². The maximum absolute atomic E-state index is 13.7. The van der Waals surface area contributed by atoms with Crippen molar-refractivity contribution in [2.24, 2.45) is 0 Å². The molecule has 0 bridgehead atoms. The van der Waals surface area contributed by atoms with Gasteiger partial charge < -0.3 is 9.51 Å². The minimum atomic E-state index is -0.923. The van der Waals surface area contributed by atoms with Gasteiger partial charge in [-0.1, -0.05) is 89.6 Å². The number of rotatable bonds is 7. The van der Waals surface area contributed by atoms with Crippen LogP contribution in [0.4, 0.5) is 5.13 Å². The molecule has 3 aromatic heterocycles. The zero-order valence-corrected chi connectivity index (χ0v) is 26.5. The highest BCUT2D eigenvalue weighted by Crippen LogP contribution is 2.44. The van der Waals surface area contributed by atoms with Crippen molar-refractivity contribution in [2.75, 3.05) is 4.90 Å². The molecular formula is C31H25Cl2N5O3S2. The van der Waals surface area contributed by atoms with E-state index in [0.29, 0.717) is 37.0 Å². The second-order valence-electron chi connectivity index (χ2n) is 10.1. The Morgan fingerprint density at radius 3 is 2.53 bits per heavy atom.